The molecule has 3 aromatic heterocycles. The molecule has 170 valence electrons. The summed E-state index contributed by atoms with van der Waals surface area (Å²) < 4.78 is 1.85. The maximum absolute atomic E-state index is 12.6. The van der Waals surface area contributed by atoms with Crippen LogP contribution in [0.15, 0.2) is 67.5 Å². The Morgan fingerprint density at radius 1 is 1.15 bits per heavy atom. The molecule has 1 saturated heterocycles. The van der Waals surface area contributed by atoms with E-state index in [1.165, 1.54) is 6.08 Å². The molecule has 0 spiro atoms. The first-order valence-electron chi connectivity index (χ1n) is 10.5. The van der Waals surface area contributed by atoms with Gasteiger partial charge in [-0.25, -0.2) is 9.97 Å². The van der Waals surface area contributed by atoms with E-state index in [1.807, 2.05) is 10.7 Å². The lowest BCUT2D eigenvalue weighted by Crippen LogP contribution is -2.50. The summed E-state index contributed by atoms with van der Waals surface area (Å²) in [7, 11) is 0. The monoisotopic (exact) mass is 473 g/mol. The molecule has 0 unspecified atom stereocenters. The maximum Gasteiger partial charge on any atom is 0.256 e. The van der Waals surface area contributed by atoms with Gasteiger partial charge in [-0.05, 0) is 36.4 Å². The van der Waals surface area contributed by atoms with Crippen LogP contribution in [0, 0.1) is 0 Å². The van der Waals surface area contributed by atoms with Crippen molar-refractivity contribution in [3.8, 4) is 11.3 Å². The topological polar surface area (TPSA) is 119 Å². The fraction of sp³-hybridized carbons (Fsp3) is 0.125. The molecule has 34 heavy (non-hydrogen) atoms. The number of carbonyl (C=O) groups is 2. The van der Waals surface area contributed by atoms with Crippen molar-refractivity contribution in [3.63, 3.8) is 0 Å². The molecule has 4 heterocycles. The number of rotatable bonds is 5. The SMILES string of the molecule is C=CC(=O)N1CC(n2nc(-c3ccc(C(=O)Nc4ccccn4)cc3Cl)c3c(N)nccc32)C1. The first-order chi connectivity index (χ1) is 16.5. The van der Waals surface area contributed by atoms with Gasteiger partial charge in [0.1, 0.15) is 17.3 Å². The van der Waals surface area contributed by atoms with E-state index >= 15 is 0 Å². The number of hydrogen-bond donors (Lipinski definition) is 2. The van der Waals surface area contributed by atoms with E-state index in [-0.39, 0.29) is 17.9 Å². The van der Waals surface area contributed by atoms with Crippen molar-refractivity contribution in [2.75, 3.05) is 24.1 Å². The highest BCUT2D eigenvalue weighted by Gasteiger charge is 2.33. The lowest BCUT2D eigenvalue weighted by atomic mass is 10.1. The van der Waals surface area contributed by atoms with E-state index in [9.17, 15) is 9.59 Å². The number of benzene rings is 1. The van der Waals surface area contributed by atoms with Gasteiger partial charge in [-0.15, -0.1) is 0 Å². The minimum atomic E-state index is -0.329. The average Bonchev–Trinajstić information content (AvgIpc) is 3.18. The molecule has 9 nitrogen and oxygen atoms in total. The van der Waals surface area contributed by atoms with Gasteiger partial charge in [-0.3, -0.25) is 14.3 Å². The Labute approximate surface area is 199 Å². The van der Waals surface area contributed by atoms with Crippen LogP contribution in [0.1, 0.15) is 16.4 Å². The number of aromatic nitrogens is 4. The molecular weight excluding hydrogens is 454 g/mol. The molecule has 1 aromatic carbocycles. The van der Waals surface area contributed by atoms with Gasteiger partial charge in [-0.1, -0.05) is 30.3 Å². The number of hydrogen-bond acceptors (Lipinski definition) is 6. The highest BCUT2D eigenvalue weighted by atomic mass is 35.5. The summed E-state index contributed by atoms with van der Waals surface area (Å²) in [6, 6.07) is 12.1. The van der Waals surface area contributed by atoms with E-state index in [1.54, 1.807) is 53.7 Å². The quantitative estimate of drug-likeness (QED) is 0.428. The van der Waals surface area contributed by atoms with Gasteiger partial charge in [0.05, 0.1) is 22.0 Å². The van der Waals surface area contributed by atoms with Crippen LogP contribution in [0.3, 0.4) is 0 Å². The summed E-state index contributed by atoms with van der Waals surface area (Å²) in [5, 5.41) is 8.56. The molecule has 5 rings (SSSR count). The smallest absolute Gasteiger partial charge is 0.256 e. The van der Waals surface area contributed by atoms with Crippen LogP contribution >= 0.6 is 11.6 Å². The van der Waals surface area contributed by atoms with E-state index < -0.39 is 0 Å². The Bertz CT molecular complexity index is 1430. The molecule has 3 N–H and O–H groups in total. The molecule has 1 fully saturated rings. The summed E-state index contributed by atoms with van der Waals surface area (Å²) in [6.07, 6.45) is 4.52. The van der Waals surface area contributed by atoms with Crippen molar-refractivity contribution in [3.05, 3.63) is 78.1 Å². The standard InChI is InChI=1S/C24H20ClN7O2/c1-2-20(33)31-12-15(13-31)32-18-8-10-28-23(26)21(18)22(30-32)16-7-6-14(11-17(16)25)24(34)29-19-5-3-4-9-27-19/h2-11,15H,1,12-13H2,(H2,26,28)(H,27,29,34). The Hall–Kier alpha value is -4.24. The normalized spacial score (nSPS) is 13.5. The average molecular weight is 474 g/mol. The minimum absolute atomic E-state index is 0.0100. The van der Waals surface area contributed by atoms with Crippen LogP contribution in [0.25, 0.3) is 22.2 Å². The maximum atomic E-state index is 12.6. The summed E-state index contributed by atoms with van der Waals surface area (Å²) in [5.41, 5.74) is 8.59. The van der Waals surface area contributed by atoms with Crippen molar-refractivity contribution in [1.29, 1.82) is 0 Å². The predicted molar refractivity (Wildman–Crippen MR) is 130 cm³/mol. The van der Waals surface area contributed by atoms with Gasteiger partial charge in [0, 0.05) is 36.6 Å². The molecule has 10 heteroatoms. The Balaban J connectivity index is 1.49. The minimum Gasteiger partial charge on any atom is -0.383 e. The number of halogens is 1. The van der Waals surface area contributed by atoms with Gasteiger partial charge in [0.15, 0.2) is 0 Å². The highest BCUT2D eigenvalue weighted by Crippen LogP contribution is 2.38. The number of nitrogens with two attached hydrogens (primary N) is 1. The molecule has 0 atom stereocenters. The number of nitrogens with zero attached hydrogens (tertiary/aromatic N) is 5. The molecule has 2 amide bonds. The molecule has 1 aliphatic rings. The third-order valence-corrected chi connectivity index (χ3v) is 6.05. The largest absolute Gasteiger partial charge is 0.383 e. The first-order valence-corrected chi connectivity index (χ1v) is 10.9. The lowest BCUT2D eigenvalue weighted by Gasteiger charge is -2.38. The molecule has 1 aliphatic heterocycles. The van der Waals surface area contributed by atoms with E-state index in [0.29, 0.717) is 52.0 Å². The second-order valence-corrected chi connectivity index (χ2v) is 8.26. The van der Waals surface area contributed by atoms with E-state index in [4.69, 9.17) is 22.4 Å². The van der Waals surface area contributed by atoms with Crippen LogP contribution in [-0.2, 0) is 4.79 Å². The van der Waals surface area contributed by atoms with Gasteiger partial charge in [0.2, 0.25) is 5.91 Å². The van der Waals surface area contributed by atoms with Crippen LogP contribution < -0.4 is 11.1 Å². The lowest BCUT2D eigenvalue weighted by molar-refractivity contribution is -0.131. The number of likely N-dealkylation sites (tertiary alicyclic amines) is 1. The van der Waals surface area contributed by atoms with Crippen molar-refractivity contribution in [1.82, 2.24) is 24.6 Å². The number of pyridine rings is 2. The van der Waals surface area contributed by atoms with Gasteiger partial charge < -0.3 is 16.0 Å². The van der Waals surface area contributed by atoms with Gasteiger partial charge in [-0.2, -0.15) is 5.10 Å². The second kappa shape index (κ2) is 8.60. The summed E-state index contributed by atoms with van der Waals surface area (Å²) in [4.78, 5) is 34.5. The van der Waals surface area contributed by atoms with E-state index in [0.717, 1.165) is 5.52 Å². The van der Waals surface area contributed by atoms with Crippen molar-refractivity contribution in [2.45, 2.75) is 6.04 Å². The zero-order valence-electron chi connectivity index (χ0n) is 18.0. The third kappa shape index (κ3) is 3.75. The van der Waals surface area contributed by atoms with Gasteiger partial charge in [0.25, 0.3) is 5.91 Å². The van der Waals surface area contributed by atoms with Crippen molar-refractivity contribution < 1.29 is 9.59 Å². The predicted octanol–water partition coefficient (Wildman–Crippen LogP) is 3.55. The van der Waals surface area contributed by atoms with Crippen LogP contribution in [0.5, 0.6) is 0 Å². The highest BCUT2D eigenvalue weighted by molar-refractivity contribution is 6.34. The summed E-state index contributed by atoms with van der Waals surface area (Å²) in [6.45, 7) is 4.57. The summed E-state index contributed by atoms with van der Waals surface area (Å²) in [5.74, 6) is 0.327. The van der Waals surface area contributed by atoms with Crippen molar-refractivity contribution in [2.24, 2.45) is 0 Å². The van der Waals surface area contributed by atoms with Crippen LogP contribution in [0.4, 0.5) is 11.6 Å². The molecular formula is C24H20ClN7O2. The van der Waals surface area contributed by atoms with Crippen LogP contribution in [-0.4, -0.2) is 49.6 Å². The van der Waals surface area contributed by atoms with Crippen molar-refractivity contribution >= 4 is 46.0 Å². The fourth-order valence-corrected chi connectivity index (χ4v) is 4.24. The van der Waals surface area contributed by atoms with E-state index in [2.05, 4.69) is 21.9 Å². The number of carbonyl (C=O) groups excluding carboxylic acids is 2. The Morgan fingerprint density at radius 3 is 2.68 bits per heavy atom. The number of anilines is 2. The third-order valence-electron chi connectivity index (χ3n) is 5.74. The fourth-order valence-electron chi connectivity index (χ4n) is 3.97. The number of nitrogens with one attached hydrogen (secondary N) is 1. The first kappa shape index (κ1) is 21.6. The molecule has 0 bridgehead atoms. The summed E-state index contributed by atoms with van der Waals surface area (Å²) >= 11 is 6.61. The molecule has 0 aliphatic carbocycles. The Kier molecular flexibility index (Phi) is 5.46. The number of fused-ring (bicyclic) bond motifs is 1. The number of nitrogen functional groups attached to an aromatic ring is 1. The van der Waals surface area contributed by atoms with Crippen LogP contribution in [0.2, 0.25) is 5.02 Å². The zero-order valence-corrected chi connectivity index (χ0v) is 18.7. The molecule has 0 saturated carbocycles. The second-order valence-electron chi connectivity index (χ2n) is 7.85. The molecule has 4 aromatic rings. The molecule has 0 radical (unpaired) electrons. The number of amides is 2. The Morgan fingerprint density at radius 2 is 1.97 bits per heavy atom. The zero-order chi connectivity index (χ0) is 23.8. The van der Waals surface area contributed by atoms with Gasteiger partial charge >= 0.3 is 0 Å².